The number of ether oxygens (including phenoxy) is 2. The van der Waals surface area contributed by atoms with Gasteiger partial charge in [0.1, 0.15) is 41.7 Å². The molecule has 3 heterocycles. The van der Waals surface area contributed by atoms with Gasteiger partial charge in [0.2, 0.25) is 5.78 Å². The lowest BCUT2D eigenvalue weighted by Crippen LogP contribution is -2.00. The molecule has 45 heavy (non-hydrogen) atoms. The van der Waals surface area contributed by atoms with Gasteiger partial charge in [-0.25, -0.2) is 9.36 Å². The lowest BCUT2D eigenvalue weighted by atomic mass is 10.0. The van der Waals surface area contributed by atoms with Crippen LogP contribution in [0.15, 0.2) is 114 Å². The molecule has 0 amide bonds. The first-order chi connectivity index (χ1) is 22.0. The van der Waals surface area contributed by atoms with Crippen LogP contribution in [-0.2, 0) is 13.2 Å². The monoisotopic (exact) mass is 616 g/mol. The lowest BCUT2D eigenvalue weighted by molar-refractivity contribution is 0.101. The molecule has 7 aromatic rings. The highest BCUT2D eigenvalue weighted by Crippen LogP contribution is 2.30. The van der Waals surface area contributed by atoms with Crippen LogP contribution in [0.1, 0.15) is 33.1 Å². The smallest absolute Gasteiger partial charge is 0.228 e. The second-order valence-corrected chi connectivity index (χ2v) is 10.7. The van der Waals surface area contributed by atoms with Crippen molar-refractivity contribution in [3.8, 4) is 22.9 Å². The third-order valence-electron chi connectivity index (χ3n) is 7.20. The molecule has 0 radical (unpaired) electrons. The number of fused-ring (bicyclic) bond motifs is 1. The van der Waals surface area contributed by atoms with Crippen molar-refractivity contribution in [1.29, 1.82) is 0 Å². The van der Waals surface area contributed by atoms with E-state index in [1.54, 1.807) is 45.9 Å². The summed E-state index contributed by atoms with van der Waals surface area (Å²) in [6, 6.07) is 29.5. The first-order valence-electron chi connectivity index (χ1n) is 14.1. The van der Waals surface area contributed by atoms with Crippen molar-refractivity contribution in [3.63, 3.8) is 0 Å². The number of furan rings is 1. The standard InChI is InChI=1S/C34H25ClN6O4/c1-22-31-16-15-30(17-32(31)45-34(22)33(42)23-5-3-2-4-6-23)44-21-26-19-41(39-37-26)28-11-13-29(14-12-28)43-20-25-18-40(38-36-25)27-9-7-24(35)8-10-27/h2-19H,20-21H2,1H3. The van der Waals surface area contributed by atoms with Crippen LogP contribution in [0.25, 0.3) is 22.3 Å². The van der Waals surface area contributed by atoms with Crippen molar-refractivity contribution in [2.24, 2.45) is 0 Å². The number of benzene rings is 4. The van der Waals surface area contributed by atoms with E-state index in [2.05, 4.69) is 20.6 Å². The maximum Gasteiger partial charge on any atom is 0.228 e. The second kappa shape index (κ2) is 12.1. The first kappa shape index (κ1) is 28.1. The number of carbonyl (C=O) groups is 1. The maximum atomic E-state index is 13.0. The number of carbonyl (C=O) groups excluding carboxylic acids is 1. The molecule has 0 saturated heterocycles. The molecule has 11 heteroatoms. The summed E-state index contributed by atoms with van der Waals surface area (Å²) in [5.74, 6) is 1.46. The summed E-state index contributed by atoms with van der Waals surface area (Å²) < 4.78 is 21.2. The van der Waals surface area contributed by atoms with Crippen molar-refractivity contribution < 1.29 is 18.7 Å². The highest BCUT2D eigenvalue weighted by Gasteiger charge is 2.19. The summed E-state index contributed by atoms with van der Waals surface area (Å²) in [4.78, 5) is 13.0. The van der Waals surface area contributed by atoms with E-state index in [0.717, 1.165) is 22.3 Å². The van der Waals surface area contributed by atoms with Crippen LogP contribution in [0.5, 0.6) is 11.5 Å². The Kier molecular flexibility index (Phi) is 7.54. The molecule has 0 spiro atoms. The average Bonchev–Trinajstić information content (AvgIpc) is 3.83. The van der Waals surface area contributed by atoms with Gasteiger partial charge in [0.05, 0.1) is 23.8 Å². The van der Waals surface area contributed by atoms with Crippen LogP contribution < -0.4 is 9.47 Å². The molecule has 0 unspecified atom stereocenters. The zero-order chi connectivity index (χ0) is 30.8. The number of halogens is 1. The van der Waals surface area contributed by atoms with E-state index in [-0.39, 0.29) is 19.0 Å². The zero-order valence-electron chi connectivity index (χ0n) is 24.0. The van der Waals surface area contributed by atoms with Crippen LogP contribution in [0.3, 0.4) is 0 Å². The van der Waals surface area contributed by atoms with Gasteiger partial charge in [-0.1, -0.05) is 52.4 Å². The Hall–Kier alpha value is -5.74. The van der Waals surface area contributed by atoms with Gasteiger partial charge in [0.25, 0.3) is 0 Å². The van der Waals surface area contributed by atoms with Crippen molar-refractivity contribution in [2.75, 3.05) is 0 Å². The Bertz CT molecular complexity index is 2100. The largest absolute Gasteiger partial charge is 0.487 e. The van der Waals surface area contributed by atoms with Crippen LogP contribution in [0.4, 0.5) is 0 Å². The molecule has 0 aliphatic rings. The van der Waals surface area contributed by atoms with Crippen molar-refractivity contribution in [1.82, 2.24) is 30.0 Å². The topological polar surface area (TPSA) is 110 Å². The Morgan fingerprint density at radius 2 is 1.33 bits per heavy atom. The van der Waals surface area contributed by atoms with Gasteiger partial charge >= 0.3 is 0 Å². The fourth-order valence-electron chi connectivity index (χ4n) is 4.82. The third kappa shape index (κ3) is 6.04. The van der Waals surface area contributed by atoms with E-state index in [0.29, 0.717) is 44.8 Å². The summed E-state index contributed by atoms with van der Waals surface area (Å²) in [5, 5.41) is 18.3. The van der Waals surface area contributed by atoms with Gasteiger partial charge in [-0.05, 0) is 67.6 Å². The number of hydrogen-bond donors (Lipinski definition) is 0. The highest BCUT2D eigenvalue weighted by molar-refractivity contribution is 6.30. The highest BCUT2D eigenvalue weighted by atomic mass is 35.5. The lowest BCUT2D eigenvalue weighted by Gasteiger charge is -2.05. The van der Waals surface area contributed by atoms with Gasteiger partial charge in [-0.2, -0.15) is 0 Å². The Balaban J connectivity index is 0.957. The SMILES string of the molecule is Cc1c(C(=O)c2ccccc2)oc2cc(OCc3cn(-c4ccc(OCc5cn(-c6ccc(Cl)cc6)nn5)cc4)nn3)ccc12. The minimum absolute atomic E-state index is 0.151. The number of aryl methyl sites for hydroxylation is 1. The fourth-order valence-corrected chi connectivity index (χ4v) is 4.94. The number of ketones is 1. The van der Waals surface area contributed by atoms with E-state index < -0.39 is 0 Å². The summed E-state index contributed by atoms with van der Waals surface area (Å²) >= 11 is 5.96. The second-order valence-electron chi connectivity index (χ2n) is 10.3. The molecule has 0 aliphatic carbocycles. The Morgan fingerprint density at radius 1 is 0.756 bits per heavy atom. The summed E-state index contributed by atoms with van der Waals surface area (Å²) in [6.07, 6.45) is 3.62. The van der Waals surface area contributed by atoms with Crippen LogP contribution in [0, 0.1) is 6.92 Å². The molecule has 0 atom stereocenters. The maximum absolute atomic E-state index is 13.0. The quantitative estimate of drug-likeness (QED) is 0.152. The molecule has 0 saturated carbocycles. The van der Waals surface area contributed by atoms with Gasteiger partial charge in [0, 0.05) is 27.6 Å². The molecule has 0 N–H and O–H groups in total. The Labute approximate surface area is 262 Å². The zero-order valence-corrected chi connectivity index (χ0v) is 24.8. The molecule has 222 valence electrons. The van der Waals surface area contributed by atoms with Crippen LogP contribution in [0.2, 0.25) is 5.02 Å². The first-order valence-corrected chi connectivity index (χ1v) is 14.5. The Morgan fingerprint density at radius 3 is 1.98 bits per heavy atom. The summed E-state index contributed by atoms with van der Waals surface area (Å²) in [7, 11) is 0. The van der Waals surface area contributed by atoms with Crippen molar-refractivity contribution in [3.05, 3.63) is 143 Å². The van der Waals surface area contributed by atoms with Crippen molar-refractivity contribution in [2.45, 2.75) is 20.1 Å². The van der Waals surface area contributed by atoms with Crippen LogP contribution >= 0.6 is 11.6 Å². The molecule has 0 fully saturated rings. The van der Waals surface area contributed by atoms with E-state index >= 15 is 0 Å². The van der Waals surface area contributed by atoms with Crippen molar-refractivity contribution >= 4 is 28.4 Å². The number of aromatic nitrogens is 6. The predicted molar refractivity (Wildman–Crippen MR) is 167 cm³/mol. The van der Waals surface area contributed by atoms with E-state index in [1.807, 2.05) is 79.9 Å². The van der Waals surface area contributed by atoms with E-state index in [9.17, 15) is 4.79 Å². The van der Waals surface area contributed by atoms with Crippen LogP contribution in [-0.4, -0.2) is 35.8 Å². The van der Waals surface area contributed by atoms with Gasteiger partial charge in [-0.15, -0.1) is 10.2 Å². The number of rotatable bonds is 10. The molecule has 4 aromatic carbocycles. The minimum Gasteiger partial charge on any atom is -0.487 e. The average molecular weight is 617 g/mol. The number of hydrogen-bond acceptors (Lipinski definition) is 8. The molecule has 0 aliphatic heterocycles. The predicted octanol–water partition coefficient (Wildman–Crippen LogP) is 6.95. The van der Waals surface area contributed by atoms with Gasteiger partial charge in [0.15, 0.2) is 5.76 Å². The summed E-state index contributed by atoms with van der Waals surface area (Å²) in [5.41, 5.74) is 4.98. The number of nitrogens with zero attached hydrogens (tertiary/aromatic N) is 6. The van der Waals surface area contributed by atoms with E-state index in [4.69, 9.17) is 25.5 Å². The molecule has 3 aromatic heterocycles. The molecule has 7 rings (SSSR count). The summed E-state index contributed by atoms with van der Waals surface area (Å²) in [6.45, 7) is 2.36. The van der Waals surface area contributed by atoms with Gasteiger partial charge < -0.3 is 13.9 Å². The molecule has 10 nitrogen and oxygen atoms in total. The van der Waals surface area contributed by atoms with Gasteiger partial charge in [-0.3, -0.25) is 4.79 Å². The fraction of sp³-hybridized carbons (Fsp3) is 0.0882. The van der Waals surface area contributed by atoms with E-state index in [1.165, 1.54) is 0 Å². The third-order valence-corrected chi connectivity index (χ3v) is 7.45. The molecular weight excluding hydrogens is 592 g/mol. The molecular formula is C34H25ClN6O4. The molecule has 0 bridgehead atoms. The minimum atomic E-state index is -0.151. The normalized spacial score (nSPS) is 11.2.